The summed E-state index contributed by atoms with van der Waals surface area (Å²) in [6.45, 7) is 4.67. The second-order valence-corrected chi connectivity index (χ2v) is 12.5. The molecule has 0 saturated heterocycles. The molecule has 0 aromatic heterocycles. The zero-order valence-electron chi connectivity index (χ0n) is 26.6. The Bertz CT molecular complexity index is 2090. The molecule has 0 N–H and O–H groups in total. The summed E-state index contributed by atoms with van der Waals surface area (Å²) in [5.41, 5.74) is 14.1. The third-order valence-corrected chi connectivity index (χ3v) is 9.29. The first-order chi connectivity index (χ1) is 23.1. The van der Waals surface area contributed by atoms with E-state index < -0.39 is 0 Å². The highest BCUT2D eigenvalue weighted by Gasteiger charge is 2.38. The van der Waals surface area contributed by atoms with Crippen LogP contribution in [0.4, 0.5) is 34.1 Å². The van der Waals surface area contributed by atoms with E-state index in [-0.39, 0.29) is 5.41 Å². The van der Waals surface area contributed by atoms with Crippen LogP contribution in [0.1, 0.15) is 25.0 Å². The Morgan fingerprint density at radius 2 is 0.979 bits per heavy atom. The van der Waals surface area contributed by atoms with Crippen molar-refractivity contribution in [3.05, 3.63) is 193 Å². The molecule has 7 aromatic carbocycles. The predicted octanol–water partition coefficient (Wildman–Crippen LogP) is 12.2. The lowest BCUT2D eigenvalue weighted by molar-refractivity contribution is 0.661. The van der Waals surface area contributed by atoms with Gasteiger partial charge in [0.05, 0.1) is 11.4 Å². The Kier molecular flexibility index (Phi) is 7.09. The minimum Gasteiger partial charge on any atom is -0.311 e. The van der Waals surface area contributed by atoms with E-state index in [1.807, 2.05) is 12.1 Å². The summed E-state index contributed by atoms with van der Waals surface area (Å²) in [7, 11) is 0. The molecular weight excluding hydrogens is 569 g/mol. The van der Waals surface area contributed by atoms with Gasteiger partial charge < -0.3 is 9.80 Å². The summed E-state index contributed by atoms with van der Waals surface area (Å²) in [5.74, 6) is 0. The molecule has 0 atom stereocenters. The molecule has 0 amide bonds. The van der Waals surface area contributed by atoms with Gasteiger partial charge in [0.2, 0.25) is 0 Å². The van der Waals surface area contributed by atoms with Crippen molar-refractivity contribution in [2.24, 2.45) is 0 Å². The normalized spacial score (nSPS) is 12.5. The van der Waals surface area contributed by atoms with E-state index in [4.69, 9.17) is 0 Å². The number of benzene rings is 6. The molecule has 0 unspecified atom stereocenters. The van der Waals surface area contributed by atoms with Crippen molar-refractivity contribution in [3.8, 4) is 22.3 Å². The van der Waals surface area contributed by atoms with E-state index in [0.29, 0.717) is 0 Å². The first-order valence-corrected chi connectivity index (χ1v) is 16.1. The quantitative estimate of drug-likeness (QED) is 0.179. The highest BCUT2D eigenvalue weighted by Crippen LogP contribution is 2.54. The topological polar surface area (TPSA) is 6.48 Å². The smallest absolute Gasteiger partial charge is 0.0973 e. The molecule has 0 spiro atoms. The summed E-state index contributed by atoms with van der Waals surface area (Å²) in [6.07, 6.45) is 0. The average molecular weight is 603 g/mol. The molecule has 0 fully saturated rings. The first-order valence-electron chi connectivity index (χ1n) is 16.1. The fraction of sp³-hybridized carbons (Fsp3) is 0.0667. The van der Waals surface area contributed by atoms with Crippen LogP contribution < -0.4 is 9.80 Å². The van der Waals surface area contributed by atoms with Gasteiger partial charge in [-0.1, -0.05) is 123 Å². The second kappa shape index (κ2) is 11.7. The van der Waals surface area contributed by atoms with Crippen molar-refractivity contribution < 1.29 is 0 Å². The van der Waals surface area contributed by atoms with Gasteiger partial charge in [-0.25, -0.2) is 0 Å². The Hall–Kier alpha value is -6.04. The molecule has 8 rings (SSSR count). The van der Waals surface area contributed by atoms with Crippen LogP contribution in [-0.4, -0.2) is 0 Å². The largest absolute Gasteiger partial charge is 0.311 e. The maximum Gasteiger partial charge on any atom is 0.0973 e. The van der Waals surface area contributed by atoms with Crippen molar-refractivity contribution in [2.45, 2.75) is 19.3 Å². The molecule has 0 saturated carbocycles. The van der Waals surface area contributed by atoms with E-state index in [0.717, 1.165) is 28.4 Å². The van der Waals surface area contributed by atoms with E-state index in [1.165, 1.54) is 39.1 Å². The Morgan fingerprint density at radius 1 is 0.447 bits per heavy atom. The highest BCUT2D eigenvalue weighted by molar-refractivity contribution is 5.90. The zero-order valence-corrected chi connectivity index (χ0v) is 26.6. The van der Waals surface area contributed by atoms with Gasteiger partial charge in [0.1, 0.15) is 0 Å². The van der Waals surface area contributed by atoms with Gasteiger partial charge >= 0.3 is 0 Å². The number of rotatable bonds is 7. The molecule has 1 aliphatic rings. The summed E-state index contributed by atoms with van der Waals surface area (Å²) < 4.78 is 0. The van der Waals surface area contributed by atoms with Crippen LogP contribution in [0, 0.1) is 12.1 Å². The SMILES string of the molecule is CC1(C)c2ccccc2-c2cccc(N(c3c#cccc3)c3ccc(-c4ccc(N(c5ccccc5)c5ccccc5)cc4)cc3)c21. The van der Waals surface area contributed by atoms with Gasteiger partial charge in [0, 0.05) is 28.2 Å². The Balaban J connectivity index is 1.16. The van der Waals surface area contributed by atoms with Crippen molar-refractivity contribution in [3.63, 3.8) is 0 Å². The fourth-order valence-corrected chi connectivity index (χ4v) is 7.10. The van der Waals surface area contributed by atoms with Crippen LogP contribution in [0.2, 0.25) is 0 Å². The molecule has 0 heterocycles. The monoisotopic (exact) mass is 602 g/mol. The molecule has 2 nitrogen and oxygen atoms in total. The van der Waals surface area contributed by atoms with Gasteiger partial charge in [0.25, 0.3) is 0 Å². The van der Waals surface area contributed by atoms with E-state index in [2.05, 4.69) is 194 Å². The van der Waals surface area contributed by atoms with Crippen molar-refractivity contribution >= 4 is 34.1 Å². The first kappa shape index (κ1) is 28.4. The van der Waals surface area contributed by atoms with Crippen LogP contribution in [-0.2, 0) is 5.41 Å². The molecule has 0 bridgehead atoms. The van der Waals surface area contributed by atoms with Crippen LogP contribution in [0.25, 0.3) is 22.3 Å². The van der Waals surface area contributed by atoms with E-state index in [1.54, 1.807) is 0 Å². The van der Waals surface area contributed by atoms with Crippen molar-refractivity contribution in [1.82, 2.24) is 0 Å². The van der Waals surface area contributed by atoms with Gasteiger partial charge in [-0.15, -0.1) is 0 Å². The molecular formula is C45H34N2. The summed E-state index contributed by atoms with van der Waals surface area (Å²) >= 11 is 0. The molecule has 1 aliphatic carbocycles. The summed E-state index contributed by atoms with van der Waals surface area (Å²) in [4.78, 5) is 4.61. The van der Waals surface area contributed by atoms with Crippen molar-refractivity contribution in [2.75, 3.05) is 9.80 Å². The number of para-hydroxylation sites is 2. The van der Waals surface area contributed by atoms with E-state index >= 15 is 0 Å². The number of hydrogen-bond donors (Lipinski definition) is 0. The van der Waals surface area contributed by atoms with Gasteiger partial charge in [-0.05, 0) is 106 Å². The summed E-state index contributed by atoms with van der Waals surface area (Å²) in [5, 5.41) is 0. The molecule has 47 heavy (non-hydrogen) atoms. The lowest BCUT2D eigenvalue weighted by atomic mass is 9.81. The van der Waals surface area contributed by atoms with Crippen LogP contribution in [0.3, 0.4) is 0 Å². The minimum atomic E-state index is -0.145. The lowest BCUT2D eigenvalue weighted by Crippen LogP contribution is -2.20. The van der Waals surface area contributed by atoms with Gasteiger partial charge in [-0.3, -0.25) is 0 Å². The standard InChI is InChI=1S/C45H34N2/c1-45(2)42-23-13-12-21-40(42)41-22-14-24-43(44(41)45)47(37-19-10-5-11-20-37)39-31-27-34(28-32-39)33-25-29-38(30-26-33)46(35-15-6-3-7-16-35)36-17-8-4-9-18-36/h3-10,12-19,21-32H,1-2H3. The third-order valence-electron chi connectivity index (χ3n) is 9.29. The predicted molar refractivity (Wildman–Crippen MR) is 196 cm³/mol. The van der Waals surface area contributed by atoms with E-state index in [9.17, 15) is 0 Å². The molecule has 0 aliphatic heterocycles. The van der Waals surface area contributed by atoms with Gasteiger partial charge in [-0.2, -0.15) is 0 Å². The molecule has 7 aromatic rings. The lowest BCUT2D eigenvalue weighted by Gasteiger charge is -2.31. The Labute approximate surface area is 277 Å². The number of nitrogens with zero attached hydrogens (tertiary/aromatic N) is 2. The zero-order chi connectivity index (χ0) is 31.8. The minimum absolute atomic E-state index is 0.145. The maximum absolute atomic E-state index is 3.39. The van der Waals surface area contributed by atoms with Crippen LogP contribution in [0.5, 0.6) is 0 Å². The van der Waals surface area contributed by atoms with Crippen LogP contribution >= 0.6 is 0 Å². The third kappa shape index (κ3) is 5.03. The fourth-order valence-electron chi connectivity index (χ4n) is 7.10. The Morgan fingerprint density at radius 3 is 1.57 bits per heavy atom. The molecule has 0 radical (unpaired) electrons. The summed E-state index contributed by atoms with van der Waals surface area (Å²) in [6, 6.07) is 66.9. The maximum atomic E-state index is 3.39. The molecule has 2 heteroatoms. The molecule has 224 valence electrons. The average Bonchev–Trinajstić information content (AvgIpc) is 3.37. The highest BCUT2D eigenvalue weighted by atomic mass is 15.1. The number of fused-ring (bicyclic) bond motifs is 3. The van der Waals surface area contributed by atoms with Gasteiger partial charge in [0.15, 0.2) is 0 Å². The second-order valence-electron chi connectivity index (χ2n) is 12.5. The van der Waals surface area contributed by atoms with Crippen LogP contribution in [0.15, 0.2) is 170 Å². The number of anilines is 6. The number of hydrogen-bond acceptors (Lipinski definition) is 2. The van der Waals surface area contributed by atoms with Crippen molar-refractivity contribution in [1.29, 1.82) is 0 Å².